The van der Waals surface area contributed by atoms with Crippen LogP contribution in [0.5, 0.6) is 11.5 Å². The SMILES string of the molecule is CCCCC1COc2cccc3c2N1C=C/C3=C\C(=O)N(C)c1ccc(OC(F)(F)F)cc1. The fourth-order valence-corrected chi connectivity index (χ4v) is 4.05. The first kappa shape index (κ1) is 22.8. The number of amides is 1. The van der Waals surface area contributed by atoms with Gasteiger partial charge < -0.3 is 19.3 Å². The number of allylic oxidation sites excluding steroid dienone is 2. The molecule has 0 aromatic heterocycles. The molecular formula is C25H25F3N2O3. The minimum atomic E-state index is -4.76. The Bertz CT molecular complexity index is 1080. The van der Waals surface area contributed by atoms with E-state index in [4.69, 9.17) is 4.74 Å². The lowest BCUT2D eigenvalue weighted by Crippen LogP contribution is -2.41. The van der Waals surface area contributed by atoms with E-state index in [1.807, 2.05) is 30.5 Å². The van der Waals surface area contributed by atoms with Crippen molar-refractivity contribution >= 4 is 22.9 Å². The third-order valence-corrected chi connectivity index (χ3v) is 5.77. The van der Waals surface area contributed by atoms with Crippen LogP contribution in [0.25, 0.3) is 5.57 Å². The van der Waals surface area contributed by atoms with Crippen LogP contribution in [0.15, 0.2) is 60.8 Å². The summed E-state index contributed by atoms with van der Waals surface area (Å²) in [6, 6.07) is 11.2. The van der Waals surface area contributed by atoms with Crippen molar-refractivity contribution in [2.45, 2.75) is 38.6 Å². The fraction of sp³-hybridized carbons (Fsp3) is 0.320. The maximum Gasteiger partial charge on any atom is 0.573 e. The number of anilines is 2. The summed E-state index contributed by atoms with van der Waals surface area (Å²) in [5.41, 5.74) is 3.07. The maximum absolute atomic E-state index is 13.0. The van der Waals surface area contributed by atoms with Crippen molar-refractivity contribution in [2.75, 3.05) is 23.5 Å². The van der Waals surface area contributed by atoms with Crippen LogP contribution in [-0.2, 0) is 4.79 Å². The number of unbranched alkanes of at least 4 members (excludes halogenated alkanes) is 1. The Hall–Kier alpha value is -3.42. The zero-order valence-electron chi connectivity index (χ0n) is 18.4. The van der Waals surface area contributed by atoms with E-state index in [1.165, 1.54) is 35.2 Å². The number of halogens is 3. The number of benzene rings is 2. The number of rotatable bonds is 6. The van der Waals surface area contributed by atoms with Crippen LogP contribution in [0.2, 0.25) is 0 Å². The van der Waals surface area contributed by atoms with Crippen molar-refractivity contribution in [3.8, 4) is 11.5 Å². The molecule has 2 heterocycles. The molecule has 0 N–H and O–H groups in total. The van der Waals surface area contributed by atoms with Gasteiger partial charge in [0.1, 0.15) is 18.1 Å². The number of alkyl halides is 3. The van der Waals surface area contributed by atoms with E-state index in [2.05, 4.69) is 16.6 Å². The van der Waals surface area contributed by atoms with Gasteiger partial charge in [-0.3, -0.25) is 4.79 Å². The molecule has 1 atom stereocenters. The number of para-hydroxylation sites is 1. The Balaban J connectivity index is 1.56. The Labute approximate surface area is 190 Å². The molecule has 0 aliphatic carbocycles. The van der Waals surface area contributed by atoms with Gasteiger partial charge >= 0.3 is 6.36 Å². The van der Waals surface area contributed by atoms with Gasteiger partial charge in [-0.15, -0.1) is 13.2 Å². The van der Waals surface area contributed by atoms with Crippen molar-refractivity contribution in [1.29, 1.82) is 0 Å². The topological polar surface area (TPSA) is 42.0 Å². The molecule has 4 rings (SSSR count). The van der Waals surface area contributed by atoms with Gasteiger partial charge in [0.25, 0.3) is 5.91 Å². The molecule has 2 aliphatic heterocycles. The highest BCUT2D eigenvalue weighted by Crippen LogP contribution is 2.44. The number of nitrogens with zero attached hydrogens (tertiary/aromatic N) is 2. The Morgan fingerprint density at radius 2 is 2.00 bits per heavy atom. The summed E-state index contributed by atoms with van der Waals surface area (Å²) in [6.45, 7) is 2.78. The smallest absolute Gasteiger partial charge is 0.489 e. The summed E-state index contributed by atoms with van der Waals surface area (Å²) in [5.74, 6) is 0.148. The molecule has 2 aliphatic rings. The molecule has 5 nitrogen and oxygen atoms in total. The van der Waals surface area contributed by atoms with Crippen molar-refractivity contribution < 1.29 is 27.4 Å². The predicted molar refractivity (Wildman–Crippen MR) is 121 cm³/mol. The van der Waals surface area contributed by atoms with Gasteiger partial charge in [-0.25, -0.2) is 0 Å². The van der Waals surface area contributed by atoms with E-state index in [-0.39, 0.29) is 17.7 Å². The fourth-order valence-electron chi connectivity index (χ4n) is 4.05. The predicted octanol–water partition coefficient (Wildman–Crippen LogP) is 5.92. The molecule has 1 amide bonds. The molecule has 174 valence electrons. The van der Waals surface area contributed by atoms with Crippen LogP contribution in [0.1, 0.15) is 31.7 Å². The first-order chi connectivity index (χ1) is 15.8. The van der Waals surface area contributed by atoms with Crippen LogP contribution in [0.4, 0.5) is 24.5 Å². The number of hydrogen-bond donors (Lipinski definition) is 0. The third-order valence-electron chi connectivity index (χ3n) is 5.77. The van der Waals surface area contributed by atoms with E-state index in [0.29, 0.717) is 12.3 Å². The summed E-state index contributed by atoms with van der Waals surface area (Å²) >= 11 is 0. The lowest BCUT2D eigenvalue weighted by Gasteiger charge is -2.40. The molecule has 1 unspecified atom stereocenters. The van der Waals surface area contributed by atoms with Gasteiger partial charge in [0.15, 0.2) is 0 Å². The van der Waals surface area contributed by atoms with Gasteiger partial charge in [-0.05, 0) is 48.4 Å². The summed E-state index contributed by atoms with van der Waals surface area (Å²) in [4.78, 5) is 16.6. The van der Waals surface area contributed by atoms with Gasteiger partial charge in [0.2, 0.25) is 0 Å². The minimum absolute atomic E-state index is 0.243. The molecule has 2 aromatic rings. The number of carbonyl (C=O) groups is 1. The van der Waals surface area contributed by atoms with Crippen molar-refractivity contribution in [3.05, 3.63) is 66.4 Å². The molecule has 0 saturated heterocycles. The monoisotopic (exact) mass is 458 g/mol. The van der Waals surface area contributed by atoms with E-state index < -0.39 is 6.36 Å². The first-order valence-corrected chi connectivity index (χ1v) is 10.8. The average molecular weight is 458 g/mol. The summed E-state index contributed by atoms with van der Waals surface area (Å²) in [5, 5.41) is 0. The lowest BCUT2D eigenvalue weighted by atomic mass is 9.95. The van der Waals surface area contributed by atoms with Crippen LogP contribution < -0.4 is 19.3 Å². The number of carbonyl (C=O) groups excluding carboxylic acids is 1. The second-order valence-corrected chi connectivity index (χ2v) is 8.02. The Morgan fingerprint density at radius 1 is 1.24 bits per heavy atom. The van der Waals surface area contributed by atoms with Gasteiger partial charge in [0.05, 0.1) is 11.7 Å². The molecule has 0 bridgehead atoms. The van der Waals surface area contributed by atoms with Gasteiger partial charge in [0, 0.05) is 30.6 Å². The van der Waals surface area contributed by atoms with E-state index in [0.717, 1.165) is 41.8 Å². The zero-order chi connectivity index (χ0) is 23.6. The first-order valence-electron chi connectivity index (χ1n) is 10.8. The Morgan fingerprint density at radius 3 is 2.70 bits per heavy atom. The van der Waals surface area contributed by atoms with Crippen LogP contribution in [-0.4, -0.2) is 32.0 Å². The number of ether oxygens (including phenoxy) is 2. The summed E-state index contributed by atoms with van der Waals surface area (Å²) in [7, 11) is 1.57. The van der Waals surface area contributed by atoms with E-state index in [1.54, 1.807) is 7.05 Å². The second-order valence-electron chi connectivity index (χ2n) is 8.02. The highest BCUT2D eigenvalue weighted by molar-refractivity contribution is 6.08. The quantitative estimate of drug-likeness (QED) is 0.504. The molecule has 33 heavy (non-hydrogen) atoms. The van der Waals surface area contributed by atoms with E-state index >= 15 is 0 Å². The minimum Gasteiger partial charge on any atom is -0.489 e. The average Bonchev–Trinajstić information content (AvgIpc) is 2.79. The summed E-state index contributed by atoms with van der Waals surface area (Å²) < 4.78 is 47.0. The molecule has 0 fully saturated rings. The van der Waals surface area contributed by atoms with Crippen molar-refractivity contribution in [3.63, 3.8) is 0 Å². The van der Waals surface area contributed by atoms with Gasteiger partial charge in [-0.2, -0.15) is 0 Å². The lowest BCUT2D eigenvalue weighted by molar-refractivity contribution is -0.274. The zero-order valence-corrected chi connectivity index (χ0v) is 18.4. The maximum atomic E-state index is 13.0. The molecule has 8 heteroatoms. The van der Waals surface area contributed by atoms with Crippen molar-refractivity contribution in [1.82, 2.24) is 0 Å². The second kappa shape index (κ2) is 9.21. The van der Waals surface area contributed by atoms with Gasteiger partial charge in [-0.1, -0.05) is 31.9 Å². The number of hydrogen-bond acceptors (Lipinski definition) is 4. The third kappa shape index (κ3) is 4.99. The van der Waals surface area contributed by atoms with Crippen LogP contribution in [0.3, 0.4) is 0 Å². The molecule has 0 saturated carbocycles. The molecule has 0 spiro atoms. The summed E-state index contributed by atoms with van der Waals surface area (Å²) in [6.07, 6.45) is 3.91. The Kier molecular flexibility index (Phi) is 6.35. The largest absolute Gasteiger partial charge is 0.573 e. The van der Waals surface area contributed by atoms with Crippen LogP contribution in [0, 0.1) is 0 Å². The normalized spacial score (nSPS) is 18.0. The molecule has 0 radical (unpaired) electrons. The number of likely N-dealkylation sites (N-methyl/N-ethyl adjacent to an activating group) is 1. The molecule has 2 aromatic carbocycles. The highest BCUT2D eigenvalue weighted by atomic mass is 19.4. The molecular weight excluding hydrogens is 433 g/mol. The van der Waals surface area contributed by atoms with Crippen molar-refractivity contribution in [2.24, 2.45) is 0 Å². The standard InChI is InChI=1S/C25H25F3N2O3/c1-3-4-6-19-16-32-22-8-5-7-21-17(13-14-30(19)24(21)22)15-23(31)29(2)18-9-11-20(12-10-18)33-25(26,27)28/h5,7-15,19H,3-4,6,16H2,1-2H3/b17-15+. The highest BCUT2D eigenvalue weighted by Gasteiger charge is 2.32. The van der Waals surface area contributed by atoms with Crippen LogP contribution >= 0.6 is 0 Å². The van der Waals surface area contributed by atoms with E-state index in [9.17, 15) is 18.0 Å².